The molecule has 0 aromatic heterocycles. The monoisotopic (exact) mass is 502 g/mol. The second-order valence-corrected chi connectivity index (χ2v) is 8.41. The van der Waals surface area contributed by atoms with Crippen LogP contribution in [0, 0.1) is 0 Å². The molecule has 0 saturated carbocycles. The molecule has 11 heteroatoms. The minimum Gasteiger partial charge on any atom is -0.508 e. The van der Waals surface area contributed by atoms with E-state index in [0.717, 1.165) is 5.56 Å². The smallest absolute Gasteiger partial charge is 0.327 e. The standard InChI is InChI=1S/C24H30N4O6S/c1-14(26-22(31)18(25)11-15-5-3-2-4-6-15)21(30)27-19(12-16-7-9-17(29)10-8-16)23(32)28-20(13-35)24(33)34/h2-10,14,18-20,29,35H,11-13,25H2,1H3,(H,26,31)(H,27,30)(H,28,32)(H,33,34). The lowest BCUT2D eigenvalue weighted by Gasteiger charge is -2.23. The van der Waals surface area contributed by atoms with Gasteiger partial charge in [0.15, 0.2) is 0 Å². The summed E-state index contributed by atoms with van der Waals surface area (Å²) in [5.41, 5.74) is 7.45. The average Bonchev–Trinajstić information content (AvgIpc) is 2.83. The second kappa shape index (κ2) is 13.4. The molecule has 2 aromatic rings. The van der Waals surface area contributed by atoms with E-state index in [-0.39, 0.29) is 24.3 Å². The normalized spacial score (nSPS) is 14.1. The van der Waals surface area contributed by atoms with Crippen LogP contribution in [0.25, 0.3) is 0 Å². The molecule has 4 atom stereocenters. The number of rotatable bonds is 12. The zero-order valence-electron chi connectivity index (χ0n) is 19.2. The molecule has 0 radical (unpaired) electrons. The van der Waals surface area contributed by atoms with Gasteiger partial charge >= 0.3 is 5.97 Å². The quantitative estimate of drug-likeness (QED) is 0.200. The van der Waals surface area contributed by atoms with E-state index in [1.165, 1.54) is 19.1 Å². The number of benzene rings is 2. The Bertz CT molecular complexity index is 1020. The van der Waals surface area contributed by atoms with E-state index in [0.29, 0.717) is 5.56 Å². The number of phenols is 1. The molecule has 0 aliphatic heterocycles. The molecule has 7 N–H and O–H groups in total. The molecular formula is C24H30N4O6S. The van der Waals surface area contributed by atoms with Gasteiger partial charge in [-0.15, -0.1) is 0 Å². The van der Waals surface area contributed by atoms with Gasteiger partial charge in [0.25, 0.3) is 0 Å². The Balaban J connectivity index is 2.06. The number of carboxylic acids is 1. The number of carbonyl (C=O) groups is 4. The van der Waals surface area contributed by atoms with Gasteiger partial charge in [0.1, 0.15) is 23.9 Å². The fourth-order valence-corrected chi connectivity index (χ4v) is 3.43. The highest BCUT2D eigenvalue weighted by molar-refractivity contribution is 7.80. The van der Waals surface area contributed by atoms with E-state index in [9.17, 15) is 29.4 Å². The van der Waals surface area contributed by atoms with Crippen LogP contribution in [0.4, 0.5) is 0 Å². The van der Waals surface area contributed by atoms with Crippen LogP contribution in [-0.4, -0.2) is 63.8 Å². The van der Waals surface area contributed by atoms with Crippen molar-refractivity contribution in [3.8, 4) is 5.75 Å². The van der Waals surface area contributed by atoms with E-state index in [2.05, 4.69) is 28.6 Å². The number of phenolic OH excluding ortho intramolecular Hbond substituents is 1. The summed E-state index contributed by atoms with van der Waals surface area (Å²) >= 11 is 3.93. The summed E-state index contributed by atoms with van der Waals surface area (Å²) in [6, 6.07) is 10.9. The van der Waals surface area contributed by atoms with Crippen molar-refractivity contribution in [1.82, 2.24) is 16.0 Å². The van der Waals surface area contributed by atoms with Crippen LogP contribution >= 0.6 is 12.6 Å². The maximum absolute atomic E-state index is 12.8. The van der Waals surface area contributed by atoms with Crippen molar-refractivity contribution in [3.05, 3.63) is 65.7 Å². The molecule has 4 unspecified atom stereocenters. The van der Waals surface area contributed by atoms with E-state index < -0.39 is 47.9 Å². The minimum absolute atomic E-state index is 0.0188. The van der Waals surface area contributed by atoms with Gasteiger partial charge in [0.05, 0.1) is 6.04 Å². The zero-order valence-corrected chi connectivity index (χ0v) is 20.1. The molecule has 0 heterocycles. The molecule has 0 aliphatic carbocycles. The summed E-state index contributed by atoms with van der Waals surface area (Å²) in [6.07, 6.45) is 0.304. The Hall–Kier alpha value is -3.57. The first kappa shape index (κ1) is 27.7. The molecule has 35 heavy (non-hydrogen) atoms. The van der Waals surface area contributed by atoms with Gasteiger partial charge in [-0.05, 0) is 36.6 Å². The number of aromatic hydroxyl groups is 1. The molecule has 2 rings (SSSR count). The van der Waals surface area contributed by atoms with Gasteiger partial charge in [0.2, 0.25) is 17.7 Å². The topological polar surface area (TPSA) is 171 Å². The van der Waals surface area contributed by atoms with Crippen molar-refractivity contribution in [3.63, 3.8) is 0 Å². The van der Waals surface area contributed by atoms with Crippen molar-refractivity contribution in [2.24, 2.45) is 5.73 Å². The fraction of sp³-hybridized carbons (Fsp3) is 0.333. The number of hydrogen-bond donors (Lipinski definition) is 7. The Morgan fingerprint density at radius 1 is 0.829 bits per heavy atom. The predicted octanol–water partition coefficient (Wildman–Crippen LogP) is -0.00660. The first-order chi connectivity index (χ1) is 16.6. The van der Waals surface area contributed by atoms with Crippen molar-refractivity contribution >= 4 is 36.3 Å². The largest absolute Gasteiger partial charge is 0.508 e. The van der Waals surface area contributed by atoms with Crippen LogP contribution in [0.2, 0.25) is 0 Å². The Morgan fingerprint density at radius 2 is 1.40 bits per heavy atom. The van der Waals surface area contributed by atoms with Crippen LogP contribution < -0.4 is 21.7 Å². The highest BCUT2D eigenvalue weighted by Gasteiger charge is 2.28. The van der Waals surface area contributed by atoms with Gasteiger partial charge in [-0.3, -0.25) is 14.4 Å². The van der Waals surface area contributed by atoms with Gasteiger partial charge in [-0.1, -0.05) is 42.5 Å². The number of hydrogen-bond acceptors (Lipinski definition) is 7. The van der Waals surface area contributed by atoms with Gasteiger partial charge in [-0.25, -0.2) is 4.79 Å². The van der Waals surface area contributed by atoms with Crippen molar-refractivity contribution < 1.29 is 29.4 Å². The zero-order chi connectivity index (χ0) is 26.0. The van der Waals surface area contributed by atoms with E-state index in [1.807, 2.05) is 30.3 Å². The third kappa shape index (κ3) is 8.95. The maximum atomic E-state index is 12.8. The molecule has 0 aliphatic rings. The lowest BCUT2D eigenvalue weighted by atomic mass is 10.0. The summed E-state index contributed by atoms with van der Waals surface area (Å²) in [6.45, 7) is 1.45. The van der Waals surface area contributed by atoms with Crippen molar-refractivity contribution in [2.45, 2.75) is 43.9 Å². The second-order valence-electron chi connectivity index (χ2n) is 8.04. The van der Waals surface area contributed by atoms with Crippen LogP contribution in [0.5, 0.6) is 5.75 Å². The number of thiol groups is 1. The molecule has 0 bridgehead atoms. The average molecular weight is 503 g/mol. The number of nitrogens with one attached hydrogen (secondary N) is 3. The highest BCUT2D eigenvalue weighted by Crippen LogP contribution is 2.12. The molecule has 0 fully saturated rings. The maximum Gasteiger partial charge on any atom is 0.327 e. The molecule has 3 amide bonds. The Kier molecular flexibility index (Phi) is 10.6. The molecule has 0 saturated heterocycles. The molecule has 0 spiro atoms. The van der Waals surface area contributed by atoms with E-state index >= 15 is 0 Å². The molecular weight excluding hydrogens is 472 g/mol. The Labute approximate surface area is 208 Å². The number of amides is 3. The molecule has 2 aromatic carbocycles. The lowest BCUT2D eigenvalue weighted by molar-refractivity contribution is -0.141. The first-order valence-corrected chi connectivity index (χ1v) is 11.6. The predicted molar refractivity (Wildman–Crippen MR) is 133 cm³/mol. The highest BCUT2D eigenvalue weighted by atomic mass is 32.1. The van der Waals surface area contributed by atoms with Crippen LogP contribution in [0.1, 0.15) is 18.1 Å². The number of nitrogens with two attached hydrogens (primary N) is 1. The Morgan fingerprint density at radius 3 is 1.97 bits per heavy atom. The first-order valence-electron chi connectivity index (χ1n) is 10.9. The number of carbonyl (C=O) groups excluding carboxylic acids is 3. The third-order valence-corrected chi connectivity index (χ3v) is 5.56. The van der Waals surface area contributed by atoms with Crippen molar-refractivity contribution in [2.75, 3.05) is 5.75 Å². The van der Waals surface area contributed by atoms with Gasteiger partial charge in [-0.2, -0.15) is 12.6 Å². The summed E-state index contributed by atoms with van der Waals surface area (Å²) < 4.78 is 0. The summed E-state index contributed by atoms with van der Waals surface area (Å²) in [7, 11) is 0. The summed E-state index contributed by atoms with van der Waals surface area (Å²) in [4.78, 5) is 49.4. The third-order valence-electron chi connectivity index (χ3n) is 5.19. The van der Waals surface area contributed by atoms with Crippen molar-refractivity contribution in [1.29, 1.82) is 0 Å². The van der Waals surface area contributed by atoms with Crippen LogP contribution in [-0.2, 0) is 32.0 Å². The number of aliphatic carboxylic acids is 1. The van der Waals surface area contributed by atoms with E-state index in [1.54, 1.807) is 12.1 Å². The minimum atomic E-state index is -1.27. The lowest BCUT2D eigenvalue weighted by Crippen LogP contribution is -2.57. The van der Waals surface area contributed by atoms with E-state index in [4.69, 9.17) is 5.73 Å². The van der Waals surface area contributed by atoms with Crippen LogP contribution in [0.3, 0.4) is 0 Å². The molecule has 188 valence electrons. The summed E-state index contributed by atoms with van der Waals surface area (Å²) in [5.74, 6) is -3.29. The van der Waals surface area contributed by atoms with Gasteiger partial charge in [0, 0.05) is 12.2 Å². The SMILES string of the molecule is CC(NC(=O)C(N)Cc1ccccc1)C(=O)NC(Cc1ccc(O)cc1)C(=O)NC(CS)C(=O)O. The number of carboxylic acid groups (broad SMARTS) is 1. The van der Waals surface area contributed by atoms with Crippen LogP contribution in [0.15, 0.2) is 54.6 Å². The fourth-order valence-electron chi connectivity index (χ4n) is 3.18. The van der Waals surface area contributed by atoms with Gasteiger partial charge < -0.3 is 31.9 Å². The summed E-state index contributed by atoms with van der Waals surface area (Å²) in [5, 5.41) is 26.1. The molecule has 10 nitrogen and oxygen atoms in total.